The van der Waals surface area contributed by atoms with Crippen molar-refractivity contribution < 1.29 is 9.66 Å². The lowest BCUT2D eigenvalue weighted by Crippen LogP contribution is -2.28. The SMILES string of the molecule is COCCN(CCC#N)Cc1cc([N+](=O)[O-])ccc1Cl. The molecule has 0 atom stereocenters. The number of hydrogen-bond donors (Lipinski definition) is 0. The van der Waals surface area contributed by atoms with Crippen molar-refractivity contribution in [3.05, 3.63) is 38.9 Å². The van der Waals surface area contributed by atoms with Crippen LogP contribution in [0.3, 0.4) is 0 Å². The Bertz CT molecular complexity index is 502. The van der Waals surface area contributed by atoms with Gasteiger partial charge in [0, 0.05) is 50.3 Å². The second-order valence-electron chi connectivity index (χ2n) is 4.21. The van der Waals surface area contributed by atoms with Gasteiger partial charge in [0.1, 0.15) is 0 Å². The highest BCUT2D eigenvalue weighted by Crippen LogP contribution is 2.23. The van der Waals surface area contributed by atoms with E-state index in [4.69, 9.17) is 21.6 Å². The van der Waals surface area contributed by atoms with Crippen LogP contribution in [0.25, 0.3) is 0 Å². The van der Waals surface area contributed by atoms with Gasteiger partial charge in [-0.3, -0.25) is 15.0 Å². The van der Waals surface area contributed by atoms with E-state index in [1.54, 1.807) is 7.11 Å². The zero-order valence-corrected chi connectivity index (χ0v) is 12.0. The second kappa shape index (κ2) is 8.48. The molecule has 0 N–H and O–H groups in total. The van der Waals surface area contributed by atoms with Gasteiger partial charge in [-0.2, -0.15) is 5.26 Å². The molecule has 0 radical (unpaired) electrons. The molecule has 108 valence electrons. The lowest BCUT2D eigenvalue weighted by atomic mass is 10.2. The Morgan fingerprint density at radius 2 is 2.25 bits per heavy atom. The molecule has 6 nitrogen and oxygen atoms in total. The number of benzene rings is 1. The molecule has 0 unspecified atom stereocenters. The molecule has 0 aliphatic carbocycles. The van der Waals surface area contributed by atoms with Gasteiger partial charge in [0.25, 0.3) is 5.69 Å². The summed E-state index contributed by atoms with van der Waals surface area (Å²) in [6.45, 7) is 2.18. The Morgan fingerprint density at radius 3 is 2.85 bits per heavy atom. The largest absolute Gasteiger partial charge is 0.383 e. The molecule has 0 bridgehead atoms. The van der Waals surface area contributed by atoms with Crippen molar-refractivity contribution >= 4 is 17.3 Å². The summed E-state index contributed by atoms with van der Waals surface area (Å²) in [6.07, 6.45) is 0.385. The lowest BCUT2D eigenvalue weighted by Gasteiger charge is -2.21. The van der Waals surface area contributed by atoms with Crippen LogP contribution in [-0.2, 0) is 11.3 Å². The zero-order valence-electron chi connectivity index (χ0n) is 11.2. The van der Waals surface area contributed by atoms with E-state index in [0.717, 1.165) is 0 Å². The first-order chi connectivity index (χ1) is 9.58. The minimum absolute atomic E-state index is 0.0105. The van der Waals surface area contributed by atoms with Crippen LogP contribution < -0.4 is 0 Å². The third kappa shape index (κ3) is 5.13. The Hall–Kier alpha value is -1.68. The van der Waals surface area contributed by atoms with Crippen molar-refractivity contribution in [2.45, 2.75) is 13.0 Å². The summed E-state index contributed by atoms with van der Waals surface area (Å²) in [6, 6.07) is 6.44. The van der Waals surface area contributed by atoms with E-state index >= 15 is 0 Å². The number of nitro benzene ring substituents is 1. The van der Waals surface area contributed by atoms with Crippen molar-refractivity contribution in [2.24, 2.45) is 0 Å². The van der Waals surface area contributed by atoms with Gasteiger partial charge in [-0.25, -0.2) is 0 Å². The monoisotopic (exact) mass is 297 g/mol. The highest BCUT2D eigenvalue weighted by Gasteiger charge is 2.13. The maximum atomic E-state index is 10.8. The molecular formula is C13H16ClN3O3. The van der Waals surface area contributed by atoms with Crippen LogP contribution in [-0.4, -0.2) is 36.6 Å². The van der Waals surface area contributed by atoms with Gasteiger partial charge >= 0.3 is 0 Å². The van der Waals surface area contributed by atoms with Crippen LogP contribution in [0.4, 0.5) is 5.69 Å². The van der Waals surface area contributed by atoms with Gasteiger partial charge in [-0.15, -0.1) is 0 Å². The number of rotatable bonds is 8. The van der Waals surface area contributed by atoms with E-state index in [2.05, 4.69) is 6.07 Å². The summed E-state index contributed by atoms with van der Waals surface area (Å²) in [4.78, 5) is 12.3. The highest BCUT2D eigenvalue weighted by atomic mass is 35.5. The predicted molar refractivity (Wildman–Crippen MR) is 75.5 cm³/mol. The number of nitrogens with zero attached hydrogens (tertiary/aromatic N) is 3. The Labute approximate surface area is 122 Å². The lowest BCUT2D eigenvalue weighted by molar-refractivity contribution is -0.384. The third-order valence-electron chi connectivity index (χ3n) is 2.79. The van der Waals surface area contributed by atoms with Gasteiger partial charge in [-0.05, 0) is 11.6 Å². The van der Waals surface area contributed by atoms with E-state index < -0.39 is 4.92 Å². The van der Waals surface area contributed by atoms with E-state index in [0.29, 0.717) is 43.2 Å². The molecule has 1 rings (SSSR count). The van der Waals surface area contributed by atoms with Gasteiger partial charge in [0.05, 0.1) is 17.6 Å². The van der Waals surface area contributed by atoms with Crippen LogP contribution in [0.1, 0.15) is 12.0 Å². The topological polar surface area (TPSA) is 79.4 Å². The Balaban J connectivity index is 2.83. The van der Waals surface area contributed by atoms with Crippen molar-refractivity contribution in [3.63, 3.8) is 0 Å². The molecule has 0 saturated heterocycles. The van der Waals surface area contributed by atoms with Crippen LogP contribution in [0.15, 0.2) is 18.2 Å². The average Bonchev–Trinajstić information content (AvgIpc) is 2.43. The smallest absolute Gasteiger partial charge is 0.269 e. The van der Waals surface area contributed by atoms with Crippen molar-refractivity contribution in [2.75, 3.05) is 26.8 Å². The summed E-state index contributed by atoms with van der Waals surface area (Å²) in [7, 11) is 1.60. The molecule has 0 spiro atoms. The van der Waals surface area contributed by atoms with Crippen LogP contribution >= 0.6 is 11.6 Å². The van der Waals surface area contributed by atoms with Crippen LogP contribution in [0, 0.1) is 21.4 Å². The quantitative estimate of drug-likeness (QED) is 0.544. The van der Waals surface area contributed by atoms with Gasteiger partial charge in [0.15, 0.2) is 0 Å². The number of methoxy groups -OCH3 is 1. The van der Waals surface area contributed by atoms with Gasteiger partial charge < -0.3 is 4.74 Å². The fourth-order valence-corrected chi connectivity index (χ4v) is 1.91. The first-order valence-electron chi connectivity index (χ1n) is 6.09. The fraction of sp³-hybridized carbons (Fsp3) is 0.462. The maximum Gasteiger partial charge on any atom is 0.269 e. The first kappa shape index (κ1) is 16.4. The van der Waals surface area contributed by atoms with Crippen molar-refractivity contribution in [1.29, 1.82) is 5.26 Å². The van der Waals surface area contributed by atoms with E-state index in [-0.39, 0.29) is 5.69 Å². The first-order valence-corrected chi connectivity index (χ1v) is 6.47. The van der Waals surface area contributed by atoms with Crippen molar-refractivity contribution in [3.8, 4) is 6.07 Å². The molecule has 1 aromatic rings. The molecule has 0 amide bonds. The maximum absolute atomic E-state index is 10.8. The van der Waals surface area contributed by atoms with E-state index in [1.807, 2.05) is 4.90 Å². The number of ether oxygens (including phenoxy) is 1. The summed E-state index contributed by atoms with van der Waals surface area (Å²) >= 11 is 6.07. The average molecular weight is 298 g/mol. The molecule has 0 heterocycles. The molecule has 7 heteroatoms. The third-order valence-corrected chi connectivity index (χ3v) is 3.15. The molecule has 0 fully saturated rings. The number of nitro groups is 1. The van der Waals surface area contributed by atoms with E-state index in [9.17, 15) is 10.1 Å². The van der Waals surface area contributed by atoms with E-state index in [1.165, 1.54) is 18.2 Å². The molecule has 20 heavy (non-hydrogen) atoms. The molecule has 0 saturated carbocycles. The molecular weight excluding hydrogens is 282 g/mol. The number of nitriles is 1. The molecule has 0 aromatic heterocycles. The second-order valence-corrected chi connectivity index (χ2v) is 4.62. The number of halogens is 1. The summed E-state index contributed by atoms with van der Waals surface area (Å²) in [5.41, 5.74) is 0.686. The summed E-state index contributed by atoms with van der Waals surface area (Å²) < 4.78 is 5.02. The zero-order chi connectivity index (χ0) is 15.0. The van der Waals surface area contributed by atoms with Crippen LogP contribution in [0.2, 0.25) is 5.02 Å². The molecule has 1 aromatic carbocycles. The predicted octanol–water partition coefficient (Wildman–Crippen LogP) is 2.61. The summed E-state index contributed by atoms with van der Waals surface area (Å²) in [5, 5.41) is 19.9. The number of hydrogen-bond acceptors (Lipinski definition) is 5. The Kier molecular flexibility index (Phi) is 6.94. The standard InChI is InChI=1S/C13H16ClN3O3/c1-20-8-7-16(6-2-5-15)10-11-9-12(17(18)19)3-4-13(11)14/h3-4,9H,2,6-8,10H2,1H3. The fourth-order valence-electron chi connectivity index (χ4n) is 1.74. The molecule has 0 aliphatic rings. The highest BCUT2D eigenvalue weighted by molar-refractivity contribution is 6.31. The minimum atomic E-state index is -0.450. The van der Waals surface area contributed by atoms with Gasteiger partial charge in [-0.1, -0.05) is 11.6 Å². The normalized spacial score (nSPS) is 10.5. The van der Waals surface area contributed by atoms with Crippen molar-refractivity contribution in [1.82, 2.24) is 4.90 Å². The molecule has 0 aliphatic heterocycles. The summed E-state index contributed by atoms with van der Waals surface area (Å²) in [5.74, 6) is 0. The van der Waals surface area contributed by atoms with Gasteiger partial charge in [0.2, 0.25) is 0 Å². The van der Waals surface area contributed by atoms with Crippen LogP contribution in [0.5, 0.6) is 0 Å². The number of non-ortho nitro benzene ring substituents is 1. The minimum Gasteiger partial charge on any atom is -0.383 e. The Morgan fingerprint density at radius 1 is 1.50 bits per heavy atom.